The standard InChI is InChI=1S/C23H32O2.C23H30O2.C23H28O2.C22H30O3/c3*1-4-5-10-23(25)12-9-20-21-15(2)13-16-14-17(24)6-7-18(16)19(21)8-11-22(20,23)3;1-14-12-15-13-16(24)4-5-17(15)18-6-9-21(2)19(20(14)18)7-10-22(21,25)8-3-11-23/h4-5,10,14-15,18-21,25H,1,6-9,11-13H2,2-3H3;4,14-15,18-21,25H,1,6-9,11-13H2,2-3H3;1,14-15,18-21,25H,6-9,11-13H2,2-3H3;13-14,17-20,23,25H,4-7,9-12H2,1-2H3/t3*15-,18?,19?,20?,21?,22+,23+;14-,17?,18?,19?,20?,21+,22+/m1111/s1. The Kier molecular flexibility index (Phi) is 20.3. The molecule has 538 valence electrons. The maximum atomic E-state index is 11.9. The van der Waals surface area contributed by atoms with Crippen molar-refractivity contribution in [3.8, 4) is 47.9 Å². The highest BCUT2D eigenvalue weighted by molar-refractivity contribution is 5.93. The molecule has 9 nitrogen and oxygen atoms in total. The number of ketones is 4. The fraction of sp³-hybridized carbons (Fsp3) is 0.714. The van der Waals surface area contributed by atoms with E-state index in [9.17, 15) is 39.6 Å². The fourth-order valence-electron chi connectivity index (χ4n) is 28.1. The summed E-state index contributed by atoms with van der Waals surface area (Å²) in [5, 5.41) is 54.4. The Balaban J connectivity index is 0.000000119. The average molecular weight is 1360 g/mol. The second-order valence-electron chi connectivity index (χ2n) is 36.8. The summed E-state index contributed by atoms with van der Waals surface area (Å²) in [5.74, 6) is 33.5. The first-order valence-electron chi connectivity index (χ1n) is 39.9. The van der Waals surface area contributed by atoms with E-state index in [1.807, 2.05) is 36.5 Å². The first kappa shape index (κ1) is 73.2. The summed E-state index contributed by atoms with van der Waals surface area (Å²) in [5.41, 5.74) is 1.78. The SMILES string of the molecule is C#CC#C[C@]1(O)CCC2C3C(CC[C@@]21C)C1CCC(=O)C=C1C[C@H]3C.C=CC#C[C@]1(O)CCC2C3C(CC[C@@]21C)C1CCC(=O)C=C1C[C@H]3C.C=CC=C[C@]1(O)CCC2C3C(CC[C@@]21C)C1CCC(=O)C=C1C[C@H]3C.C[C@@H]1CC2=CC(=O)CCC2C2CC[C@@]3(C)C(CC[C@@]3(O)C#CCO)C21. The highest BCUT2D eigenvalue weighted by atomic mass is 16.3. The van der Waals surface area contributed by atoms with Crippen LogP contribution in [0.2, 0.25) is 0 Å². The van der Waals surface area contributed by atoms with Crippen LogP contribution in [-0.4, -0.2) is 77.7 Å². The molecule has 12 saturated carbocycles. The molecule has 0 saturated heterocycles. The van der Waals surface area contributed by atoms with Crippen molar-refractivity contribution in [2.24, 2.45) is 140 Å². The topological polar surface area (TPSA) is 169 Å². The number of terminal acetylenes is 1. The van der Waals surface area contributed by atoms with E-state index in [0.717, 1.165) is 161 Å². The minimum atomic E-state index is -0.955. The number of fused-ring (bicyclic) bond motifs is 20. The van der Waals surface area contributed by atoms with Gasteiger partial charge in [0.1, 0.15) is 23.4 Å². The van der Waals surface area contributed by atoms with Crippen LogP contribution < -0.4 is 0 Å². The van der Waals surface area contributed by atoms with Gasteiger partial charge in [0.25, 0.3) is 0 Å². The Morgan fingerprint density at radius 3 is 1.10 bits per heavy atom. The van der Waals surface area contributed by atoms with Crippen molar-refractivity contribution in [1.29, 1.82) is 0 Å². The molecule has 0 aromatic rings. The smallest absolute Gasteiger partial charge is 0.155 e. The highest BCUT2D eigenvalue weighted by Gasteiger charge is 2.68. The van der Waals surface area contributed by atoms with Gasteiger partial charge >= 0.3 is 0 Å². The highest BCUT2D eigenvalue weighted by Crippen LogP contribution is 2.71. The molecule has 16 rings (SSSR count). The number of hydrogen-bond acceptors (Lipinski definition) is 9. The Morgan fingerprint density at radius 1 is 0.450 bits per heavy atom. The van der Waals surface area contributed by atoms with Crippen LogP contribution in [0, 0.1) is 188 Å². The van der Waals surface area contributed by atoms with E-state index >= 15 is 0 Å². The van der Waals surface area contributed by atoms with Gasteiger partial charge in [0.05, 0.1) is 5.60 Å². The summed E-state index contributed by atoms with van der Waals surface area (Å²) in [6.07, 6.45) is 48.0. The van der Waals surface area contributed by atoms with Crippen LogP contribution in [0.3, 0.4) is 0 Å². The molecule has 0 aliphatic heterocycles. The summed E-state index contributed by atoms with van der Waals surface area (Å²) < 4.78 is 0. The number of allylic oxidation sites excluding steroid dienone is 7. The molecule has 9 heteroatoms. The summed E-state index contributed by atoms with van der Waals surface area (Å²) in [6.45, 7) is 25.8. The van der Waals surface area contributed by atoms with Gasteiger partial charge in [0.2, 0.25) is 0 Å². The average Bonchev–Trinajstić information content (AvgIpc) is 1.51. The third-order valence-electron chi connectivity index (χ3n) is 32.8. The summed E-state index contributed by atoms with van der Waals surface area (Å²) in [7, 11) is 0. The van der Waals surface area contributed by atoms with Crippen LogP contribution >= 0.6 is 0 Å². The molecule has 16 unspecified atom stereocenters. The molecular weight excluding hydrogens is 1240 g/mol. The Hall–Kier alpha value is -5.10. The molecule has 28 atom stereocenters. The molecule has 16 aliphatic carbocycles. The Labute approximate surface area is 600 Å². The van der Waals surface area contributed by atoms with Crippen LogP contribution in [0.15, 0.2) is 84.1 Å². The predicted octanol–water partition coefficient (Wildman–Crippen LogP) is 16.0. The zero-order chi connectivity index (χ0) is 71.3. The molecule has 0 amide bonds. The lowest BCUT2D eigenvalue weighted by Crippen LogP contribution is -2.54. The van der Waals surface area contributed by atoms with Crippen LogP contribution in [0.25, 0.3) is 0 Å². The second kappa shape index (κ2) is 27.7. The van der Waals surface area contributed by atoms with Crippen molar-refractivity contribution in [2.75, 3.05) is 6.61 Å². The molecule has 0 bridgehead atoms. The van der Waals surface area contributed by atoms with Crippen LogP contribution in [0.4, 0.5) is 0 Å². The van der Waals surface area contributed by atoms with Crippen molar-refractivity contribution < 1.29 is 44.7 Å². The van der Waals surface area contributed by atoms with Gasteiger partial charge in [0.15, 0.2) is 23.1 Å². The van der Waals surface area contributed by atoms with E-state index in [-0.39, 0.29) is 28.3 Å². The van der Waals surface area contributed by atoms with Crippen molar-refractivity contribution in [2.45, 2.75) is 258 Å². The van der Waals surface area contributed by atoms with Crippen LogP contribution in [-0.2, 0) is 19.2 Å². The number of carbonyl (C=O) groups is 4. The Morgan fingerprint density at radius 2 is 0.770 bits per heavy atom. The van der Waals surface area contributed by atoms with E-state index in [1.165, 1.54) is 28.7 Å². The molecule has 0 heterocycles. The van der Waals surface area contributed by atoms with Gasteiger partial charge in [0, 0.05) is 47.3 Å². The minimum Gasteiger partial charge on any atom is -0.385 e. The fourth-order valence-corrected chi connectivity index (χ4v) is 28.1. The van der Waals surface area contributed by atoms with E-state index in [0.29, 0.717) is 154 Å². The monoisotopic (exact) mass is 1360 g/mol. The van der Waals surface area contributed by atoms with Gasteiger partial charge in [-0.05, 0) is 315 Å². The first-order chi connectivity index (χ1) is 47.6. The van der Waals surface area contributed by atoms with E-state index in [4.69, 9.17) is 11.5 Å². The molecule has 0 aromatic heterocycles. The van der Waals surface area contributed by atoms with Crippen molar-refractivity contribution >= 4 is 23.1 Å². The van der Waals surface area contributed by atoms with Crippen LogP contribution in [0.1, 0.15) is 235 Å². The van der Waals surface area contributed by atoms with Gasteiger partial charge in [-0.3, -0.25) is 19.2 Å². The lowest BCUT2D eigenvalue weighted by atomic mass is 9.48. The van der Waals surface area contributed by atoms with Gasteiger partial charge in [-0.1, -0.05) is 139 Å². The Bertz CT molecular complexity index is 3680. The number of carbonyl (C=O) groups excluding carboxylic acids is 4. The van der Waals surface area contributed by atoms with Crippen LogP contribution in [0.5, 0.6) is 0 Å². The molecule has 12 fully saturated rings. The van der Waals surface area contributed by atoms with Gasteiger partial charge in [-0.2, -0.15) is 0 Å². The van der Waals surface area contributed by atoms with Crippen molar-refractivity contribution in [3.63, 3.8) is 0 Å². The second-order valence-corrected chi connectivity index (χ2v) is 36.8. The summed E-state index contributed by atoms with van der Waals surface area (Å²) >= 11 is 0. The number of aliphatic hydroxyl groups excluding tert-OH is 1. The first-order valence-corrected chi connectivity index (χ1v) is 39.9. The van der Waals surface area contributed by atoms with Crippen molar-refractivity contribution in [3.05, 3.63) is 84.1 Å². The van der Waals surface area contributed by atoms with E-state index < -0.39 is 22.4 Å². The third kappa shape index (κ3) is 12.1. The van der Waals surface area contributed by atoms with Crippen molar-refractivity contribution in [1.82, 2.24) is 0 Å². The zero-order valence-corrected chi connectivity index (χ0v) is 62.0. The van der Waals surface area contributed by atoms with E-state index in [2.05, 4.69) is 110 Å². The molecule has 100 heavy (non-hydrogen) atoms. The number of rotatable bonds is 2. The predicted molar refractivity (Wildman–Crippen MR) is 395 cm³/mol. The molecular formula is C91H120O9. The summed E-state index contributed by atoms with van der Waals surface area (Å²) in [4.78, 5) is 47.5. The third-order valence-corrected chi connectivity index (χ3v) is 32.8. The molecule has 16 aliphatic rings. The van der Waals surface area contributed by atoms with Gasteiger partial charge in [-0.15, -0.1) is 6.42 Å². The summed E-state index contributed by atoms with van der Waals surface area (Å²) in [6, 6.07) is 0. The largest absolute Gasteiger partial charge is 0.385 e. The quantitative estimate of drug-likeness (QED) is 0.133. The maximum Gasteiger partial charge on any atom is 0.155 e. The van der Waals surface area contributed by atoms with Gasteiger partial charge in [-0.25, -0.2) is 0 Å². The lowest BCUT2D eigenvalue weighted by molar-refractivity contribution is -0.118. The number of hydrogen-bond donors (Lipinski definition) is 5. The normalized spacial score (nSPS) is 48.6. The zero-order valence-electron chi connectivity index (χ0n) is 62.0. The van der Waals surface area contributed by atoms with E-state index in [1.54, 1.807) is 12.2 Å². The number of aliphatic hydroxyl groups is 5. The molecule has 0 spiro atoms. The maximum absolute atomic E-state index is 11.9. The molecule has 0 aromatic carbocycles. The molecule has 0 radical (unpaired) electrons. The van der Waals surface area contributed by atoms with Gasteiger partial charge < -0.3 is 25.5 Å². The molecule has 5 N–H and O–H groups in total. The minimum absolute atomic E-state index is 0.0202. The lowest BCUT2D eigenvalue weighted by Gasteiger charge is -2.57.